The third kappa shape index (κ3) is 2.12. The fraction of sp³-hybridized carbons (Fsp3) is 0.545. The minimum atomic E-state index is 0.189. The Bertz CT molecular complexity index is 654. The standard InChI is InChI=1S/C22H29NO/c1-3-12-23(13-4-2)14-11-22-10-6-5-7-19(22)21(23)15-17-8-9-18(24)16-20(17)22/h3-4,8-9,16,19,21H,1-2,5-7,10-15H2/t19-,21+,22?/m0/s1. The lowest BCUT2D eigenvalue weighted by atomic mass is 9.51. The summed E-state index contributed by atoms with van der Waals surface area (Å²) in [6, 6.07) is 6.52. The van der Waals surface area contributed by atoms with Crippen LogP contribution in [0.15, 0.2) is 43.5 Å². The molecule has 3 atom stereocenters. The van der Waals surface area contributed by atoms with E-state index in [0.29, 0.717) is 12.0 Å². The highest BCUT2D eigenvalue weighted by Crippen LogP contribution is 2.57. The van der Waals surface area contributed by atoms with Crippen molar-refractivity contribution in [1.82, 2.24) is 0 Å². The molecule has 0 spiro atoms. The summed E-state index contributed by atoms with van der Waals surface area (Å²) in [4.78, 5) is 0. The Morgan fingerprint density at radius 1 is 1.17 bits per heavy atom. The van der Waals surface area contributed by atoms with Crippen LogP contribution in [0, 0.1) is 5.92 Å². The van der Waals surface area contributed by atoms with Gasteiger partial charge in [-0.15, -0.1) is 5.75 Å². The van der Waals surface area contributed by atoms with Gasteiger partial charge in [0.05, 0.1) is 25.7 Å². The van der Waals surface area contributed by atoms with Crippen molar-refractivity contribution in [3.63, 3.8) is 0 Å². The molecule has 0 radical (unpaired) electrons. The second-order valence-electron chi connectivity index (χ2n) is 8.23. The Kier molecular flexibility index (Phi) is 3.84. The van der Waals surface area contributed by atoms with Gasteiger partial charge in [-0.3, -0.25) is 0 Å². The number of fused-ring (bicyclic) bond motifs is 1. The van der Waals surface area contributed by atoms with Gasteiger partial charge in [0.25, 0.3) is 0 Å². The zero-order valence-electron chi connectivity index (χ0n) is 14.7. The number of hydrogen-bond acceptors (Lipinski definition) is 1. The van der Waals surface area contributed by atoms with E-state index in [0.717, 1.165) is 24.0 Å². The van der Waals surface area contributed by atoms with Gasteiger partial charge < -0.3 is 9.59 Å². The maximum atomic E-state index is 12.1. The number of hydrogen-bond donors (Lipinski definition) is 0. The lowest BCUT2D eigenvalue weighted by molar-refractivity contribution is -0.952. The molecule has 128 valence electrons. The van der Waals surface area contributed by atoms with Gasteiger partial charge >= 0.3 is 0 Å². The van der Waals surface area contributed by atoms with Gasteiger partial charge in [0.2, 0.25) is 0 Å². The molecule has 2 aliphatic carbocycles. The van der Waals surface area contributed by atoms with Gasteiger partial charge in [-0.05, 0) is 36.1 Å². The Hall–Kier alpha value is -1.54. The molecule has 1 aliphatic heterocycles. The molecular weight excluding hydrogens is 294 g/mol. The van der Waals surface area contributed by atoms with Crippen molar-refractivity contribution in [3.05, 3.63) is 54.6 Å². The minimum Gasteiger partial charge on any atom is -0.872 e. The fourth-order valence-electron chi connectivity index (χ4n) is 6.38. The van der Waals surface area contributed by atoms with Crippen LogP contribution in [0.5, 0.6) is 5.75 Å². The SMILES string of the molecule is C=CC[N+]1(CC=C)CCC23CCCC[C@H]2[C@H]1Cc1ccc([O-])cc13. The van der Waals surface area contributed by atoms with Crippen LogP contribution in [0.25, 0.3) is 0 Å². The van der Waals surface area contributed by atoms with E-state index in [2.05, 4.69) is 31.4 Å². The van der Waals surface area contributed by atoms with Crippen LogP contribution in [-0.2, 0) is 11.8 Å². The van der Waals surface area contributed by atoms with Crippen molar-refractivity contribution in [1.29, 1.82) is 0 Å². The van der Waals surface area contributed by atoms with Gasteiger partial charge in [0.1, 0.15) is 0 Å². The molecule has 3 aliphatic rings. The summed E-state index contributed by atoms with van der Waals surface area (Å²) in [7, 11) is 0. The molecule has 1 unspecified atom stereocenters. The van der Waals surface area contributed by atoms with E-state index in [1.165, 1.54) is 49.8 Å². The van der Waals surface area contributed by atoms with E-state index >= 15 is 0 Å². The molecule has 1 saturated heterocycles. The largest absolute Gasteiger partial charge is 0.872 e. The quantitative estimate of drug-likeness (QED) is 0.612. The van der Waals surface area contributed by atoms with Crippen molar-refractivity contribution < 1.29 is 9.59 Å². The van der Waals surface area contributed by atoms with Crippen LogP contribution < -0.4 is 5.11 Å². The molecule has 0 N–H and O–H groups in total. The van der Waals surface area contributed by atoms with Gasteiger partial charge in [-0.25, -0.2) is 0 Å². The maximum absolute atomic E-state index is 12.1. The second-order valence-corrected chi connectivity index (χ2v) is 8.23. The molecule has 1 aromatic carbocycles. The average Bonchev–Trinajstić information content (AvgIpc) is 2.59. The first-order valence-electron chi connectivity index (χ1n) is 9.53. The predicted molar refractivity (Wildman–Crippen MR) is 96.9 cm³/mol. The van der Waals surface area contributed by atoms with Gasteiger partial charge in [0, 0.05) is 24.2 Å². The van der Waals surface area contributed by atoms with E-state index in [4.69, 9.17) is 0 Å². The highest BCUT2D eigenvalue weighted by atomic mass is 16.3. The lowest BCUT2D eigenvalue weighted by Crippen LogP contribution is -2.70. The zero-order chi connectivity index (χ0) is 16.8. The van der Waals surface area contributed by atoms with Crippen LogP contribution in [0.3, 0.4) is 0 Å². The fourth-order valence-corrected chi connectivity index (χ4v) is 6.38. The Balaban J connectivity index is 1.86. The first-order valence-corrected chi connectivity index (χ1v) is 9.53. The lowest BCUT2D eigenvalue weighted by Gasteiger charge is -2.62. The van der Waals surface area contributed by atoms with Crippen molar-refractivity contribution >= 4 is 0 Å². The molecule has 1 heterocycles. The van der Waals surface area contributed by atoms with Crippen molar-refractivity contribution in [2.45, 2.75) is 50.0 Å². The molecule has 0 amide bonds. The minimum absolute atomic E-state index is 0.189. The Morgan fingerprint density at radius 3 is 2.71 bits per heavy atom. The van der Waals surface area contributed by atoms with Gasteiger partial charge in [0.15, 0.2) is 0 Å². The van der Waals surface area contributed by atoms with Crippen LogP contribution in [0.1, 0.15) is 43.2 Å². The normalized spacial score (nSPS) is 33.2. The topological polar surface area (TPSA) is 23.1 Å². The molecule has 2 bridgehead atoms. The monoisotopic (exact) mass is 323 g/mol. The molecular formula is C22H29NO. The van der Waals surface area contributed by atoms with E-state index in [1.807, 2.05) is 6.07 Å². The number of benzene rings is 1. The second kappa shape index (κ2) is 5.77. The molecule has 1 aromatic rings. The van der Waals surface area contributed by atoms with Crippen molar-refractivity contribution in [3.8, 4) is 5.75 Å². The smallest absolute Gasteiger partial charge is 0.0975 e. The first-order chi connectivity index (χ1) is 11.6. The zero-order valence-corrected chi connectivity index (χ0v) is 14.7. The molecule has 0 aromatic heterocycles. The summed E-state index contributed by atoms with van der Waals surface area (Å²) >= 11 is 0. The van der Waals surface area contributed by atoms with Crippen LogP contribution in [0.4, 0.5) is 0 Å². The Morgan fingerprint density at radius 2 is 1.96 bits per heavy atom. The molecule has 1 saturated carbocycles. The van der Waals surface area contributed by atoms with Crippen molar-refractivity contribution in [2.24, 2.45) is 5.92 Å². The van der Waals surface area contributed by atoms with E-state index in [1.54, 1.807) is 6.07 Å². The highest BCUT2D eigenvalue weighted by Gasteiger charge is 2.59. The molecule has 2 heteroatoms. The average molecular weight is 323 g/mol. The van der Waals surface area contributed by atoms with Crippen LogP contribution in [0.2, 0.25) is 0 Å². The summed E-state index contributed by atoms with van der Waals surface area (Å²) in [5, 5.41) is 12.1. The summed E-state index contributed by atoms with van der Waals surface area (Å²) in [5.74, 6) is 0.906. The summed E-state index contributed by atoms with van der Waals surface area (Å²) < 4.78 is 1.12. The van der Waals surface area contributed by atoms with E-state index in [-0.39, 0.29) is 11.2 Å². The van der Waals surface area contributed by atoms with Crippen LogP contribution >= 0.6 is 0 Å². The predicted octanol–water partition coefficient (Wildman–Crippen LogP) is 3.71. The molecule has 2 fully saturated rings. The van der Waals surface area contributed by atoms with Crippen molar-refractivity contribution in [2.75, 3.05) is 19.6 Å². The third-order valence-electron chi connectivity index (χ3n) is 7.30. The van der Waals surface area contributed by atoms with Gasteiger partial charge in [-0.2, -0.15) is 0 Å². The number of nitrogens with zero attached hydrogens (tertiary/aromatic N) is 1. The van der Waals surface area contributed by atoms with Gasteiger partial charge in [-0.1, -0.05) is 44.2 Å². The van der Waals surface area contributed by atoms with Crippen LogP contribution in [-0.4, -0.2) is 30.2 Å². The number of rotatable bonds is 4. The number of quaternary nitrogens is 1. The highest BCUT2D eigenvalue weighted by molar-refractivity contribution is 5.44. The maximum Gasteiger partial charge on any atom is 0.0975 e. The molecule has 2 nitrogen and oxygen atoms in total. The third-order valence-corrected chi connectivity index (χ3v) is 7.30. The summed E-state index contributed by atoms with van der Waals surface area (Å²) in [5.41, 5.74) is 3.11. The Labute approximate surface area is 146 Å². The summed E-state index contributed by atoms with van der Waals surface area (Å²) in [6.07, 6.45) is 11.8. The summed E-state index contributed by atoms with van der Waals surface area (Å²) in [6.45, 7) is 11.4. The number of piperidine rings is 1. The molecule has 24 heavy (non-hydrogen) atoms. The molecule has 4 rings (SSSR count). The first kappa shape index (κ1) is 16.0. The van der Waals surface area contributed by atoms with E-state index in [9.17, 15) is 5.11 Å². The van der Waals surface area contributed by atoms with E-state index < -0.39 is 0 Å². The number of likely N-dealkylation sites (tertiary alicyclic amines) is 1.